The van der Waals surface area contributed by atoms with Crippen LogP contribution in [-0.2, 0) is 4.79 Å². The Hall–Kier alpha value is -3.27. The normalized spacial score (nSPS) is 18.0. The number of aromatic amines is 1. The van der Waals surface area contributed by atoms with Crippen molar-refractivity contribution in [2.45, 2.75) is 19.5 Å². The molecule has 11 heteroatoms. The van der Waals surface area contributed by atoms with Gasteiger partial charge in [-0.2, -0.15) is 5.10 Å². The lowest BCUT2D eigenvalue weighted by Crippen LogP contribution is -2.18. The molecule has 0 spiro atoms. The third-order valence-electron chi connectivity index (χ3n) is 5.52. The third-order valence-corrected chi connectivity index (χ3v) is 5.87. The number of nitrogens with one attached hydrogen (secondary N) is 2. The lowest BCUT2D eigenvalue weighted by atomic mass is 10.0. The summed E-state index contributed by atoms with van der Waals surface area (Å²) in [6.45, 7) is 2.49. The van der Waals surface area contributed by atoms with Gasteiger partial charge >= 0.3 is 0 Å². The van der Waals surface area contributed by atoms with Crippen LogP contribution in [0.1, 0.15) is 13.3 Å². The van der Waals surface area contributed by atoms with Gasteiger partial charge in [-0.05, 0) is 13.3 Å². The van der Waals surface area contributed by atoms with Crippen molar-refractivity contribution in [3.8, 4) is 11.3 Å². The minimum absolute atomic E-state index is 0.0626. The molecule has 160 valence electrons. The first kappa shape index (κ1) is 19.7. The minimum atomic E-state index is -1.09. The molecular formula is C20H18ClF2N7O. The van der Waals surface area contributed by atoms with E-state index in [1.54, 1.807) is 34.9 Å². The number of benzene rings is 1. The van der Waals surface area contributed by atoms with Gasteiger partial charge in [0.05, 0.1) is 40.7 Å². The van der Waals surface area contributed by atoms with E-state index in [0.29, 0.717) is 40.0 Å². The Balaban J connectivity index is 1.58. The summed E-state index contributed by atoms with van der Waals surface area (Å²) in [5.41, 5.74) is 2.13. The summed E-state index contributed by atoms with van der Waals surface area (Å²) in [6.07, 6.45) is 5.45. The van der Waals surface area contributed by atoms with Crippen molar-refractivity contribution in [3.05, 3.63) is 35.6 Å². The lowest BCUT2D eigenvalue weighted by Gasteiger charge is -2.20. The SMILES string of the molecule is CCN(C)c1c(F)c(Cl)c(-c2cn3cc(NC(=O)[C@@H]4C[C@@H]4F)nc3cn2)c2cn[nH]c12. The number of fused-ring (bicyclic) bond motifs is 2. The molecule has 4 aromatic rings. The summed E-state index contributed by atoms with van der Waals surface area (Å²) in [5.74, 6) is -1.29. The number of alkyl halides is 1. The van der Waals surface area contributed by atoms with Gasteiger partial charge in [-0.25, -0.2) is 13.8 Å². The van der Waals surface area contributed by atoms with Gasteiger partial charge < -0.3 is 14.6 Å². The van der Waals surface area contributed by atoms with Crippen molar-refractivity contribution in [1.82, 2.24) is 24.6 Å². The van der Waals surface area contributed by atoms with Gasteiger partial charge in [0.15, 0.2) is 17.3 Å². The summed E-state index contributed by atoms with van der Waals surface area (Å²) in [6, 6.07) is 0. The molecule has 3 aromatic heterocycles. The molecule has 0 saturated heterocycles. The van der Waals surface area contributed by atoms with Crippen LogP contribution in [-0.4, -0.2) is 50.2 Å². The van der Waals surface area contributed by atoms with E-state index in [2.05, 4.69) is 25.5 Å². The topological polar surface area (TPSA) is 91.2 Å². The number of rotatable bonds is 5. The highest BCUT2D eigenvalue weighted by atomic mass is 35.5. The molecule has 2 N–H and O–H groups in total. The Morgan fingerprint density at radius 2 is 2.19 bits per heavy atom. The van der Waals surface area contributed by atoms with Crippen molar-refractivity contribution in [2.24, 2.45) is 5.92 Å². The lowest BCUT2D eigenvalue weighted by molar-refractivity contribution is -0.117. The fraction of sp³-hybridized carbons (Fsp3) is 0.300. The highest BCUT2D eigenvalue weighted by Crippen LogP contribution is 2.41. The Morgan fingerprint density at radius 1 is 1.42 bits per heavy atom. The number of H-pyrrole nitrogens is 1. The van der Waals surface area contributed by atoms with Crippen molar-refractivity contribution in [2.75, 3.05) is 23.8 Å². The average Bonchev–Trinajstić information content (AvgIpc) is 3.12. The first-order valence-electron chi connectivity index (χ1n) is 9.74. The fourth-order valence-corrected chi connectivity index (χ4v) is 3.90. The van der Waals surface area contributed by atoms with Crippen LogP contribution in [0, 0.1) is 11.7 Å². The molecule has 5 rings (SSSR count). The van der Waals surface area contributed by atoms with Crippen LogP contribution in [0.3, 0.4) is 0 Å². The van der Waals surface area contributed by atoms with E-state index in [-0.39, 0.29) is 17.3 Å². The monoisotopic (exact) mass is 445 g/mol. The molecule has 31 heavy (non-hydrogen) atoms. The van der Waals surface area contributed by atoms with Crippen LogP contribution in [0.2, 0.25) is 5.02 Å². The van der Waals surface area contributed by atoms with Crippen molar-refractivity contribution in [3.63, 3.8) is 0 Å². The number of amides is 1. The third kappa shape index (κ3) is 3.18. The number of hydrogen-bond acceptors (Lipinski definition) is 5. The Labute approximate surface area is 180 Å². The minimum Gasteiger partial charge on any atom is -0.371 e. The second-order valence-corrected chi connectivity index (χ2v) is 7.91. The zero-order valence-corrected chi connectivity index (χ0v) is 17.4. The van der Waals surface area contributed by atoms with Gasteiger partial charge in [-0.15, -0.1) is 0 Å². The highest BCUT2D eigenvalue weighted by molar-refractivity contribution is 6.35. The second kappa shape index (κ2) is 7.16. The maximum atomic E-state index is 15.2. The summed E-state index contributed by atoms with van der Waals surface area (Å²) >= 11 is 6.45. The zero-order chi connectivity index (χ0) is 21.9. The molecule has 1 fully saturated rings. The van der Waals surface area contributed by atoms with E-state index in [1.807, 2.05) is 6.92 Å². The molecule has 1 saturated carbocycles. The van der Waals surface area contributed by atoms with Crippen LogP contribution >= 0.6 is 11.6 Å². The van der Waals surface area contributed by atoms with Crippen molar-refractivity contribution >= 4 is 45.6 Å². The molecule has 0 radical (unpaired) electrons. The van der Waals surface area contributed by atoms with Gasteiger partial charge in [0, 0.05) is 30.7 Å². The van der Waals surface area contributed by atoms with Crippen LogP contribution in [0.5, 0.6) is 0 Å². The van der Waals surface area contributed by atoms with Crippen LogP contribution in [0.15, 0.2) is 24.8 Å². The summed E-state index contributed by atoms with van der Waals surface area (Å²) in [5, 5.41) is 10.1. The number of nitrogens with zero attached hydrogens (tertiary/aromatic N) is 5. The van der Waals surface area contributed by atoms with Gasteiger partial charge in [0.25, 0.3) is 0 Å². The molecule has 2 atom stereocenters. The molecule has 8 nitrogen and oxygen atoms in total. The van der Waals surface area contributed by atoms with Gasteiger partial charge in [-0.1, -0.05) is 11.6 Å². The molecule has 0 aliphatic heterocycles. The van der Waals surface area contributed by atoms with E-state index in [9.17, 15) is 9.18 Å². The van der Waals surface area contributed by atoms with E-state index < -0.39 is 23.8 Å². The first-order valence-corrected chi connectivity index (χ1v) is 10.1. The zero-order valence-electron chi connectivity index (χ0n) is 16.7. The Kier molecular flexibility index (Phi) is 4.54. The van der Waals surface area contributed by atoms with Crippen LogP contribution in [0.25, 0.3) is 27.8 Å². The van der Waals surface area contributed by atoms with E-state index in [0.717, 1.165) is 0 Å². The van der Waals surface area contributed by atoms with Crippen molar-refractivity contribution < 1.29 is 13.6 Å². The fourth-order valence-electron chi connectivity index (χ4n) is 3.61. The van der Waals surface area contributed by atoms with E-state index >= 15 is 4.39 Å². The highest BCUT2D eigenvalue weighted by Gasteiger charge is 2.43. The van der Waals surface area contributed by atoms with Crippen molar-refractivity contribution in [1.29, 1.82) is 0 Å². The van der Waals surface area contributed by atoms with Gasteiger partial charge in [0.1, 0.15) is 11.9 Å². The van der Waals surface area contributed by atoms with Gasteiger partial charge in [-0.3, -0.25) is 14.9 Å². The number of aromatic nitrogens is 5. The predicted octanol–water partition coefficient (Wildman–Crippen LogP) is 3.82. The number of imidazole rings is 1. The number of carbonyl (C=O) groups excluding carboxylic acids is 1. The van der Waals surface area contributed by atoms with E-state index in [4.69, 9.17) is 11.6 Å². The molecule has 0 unspecified atom stereocenters. The quantitative estimate of drug-likeness (QED) is 0.487. The molecule has 1 aliphatic rings. The Morgan fingerprint density at radius 3 is 2.90 bits per heavy atom. The first-order chi connectivity index (χ1) is 14.9. The molecule has 3 heterocycles. The number of hydrogen-bond donors (Lipinski definition) is 2. The largest absolute Gasteiger partial charge is 0.371 e. The number of halogens is 3. The average molecular weight is 446 g/mol. The molecule has 1 aromatic carbocycles. The maximum Gasteiger partial charge on any atom is 0.231 e. The molecule has 1 aliphatic carbocycles. The predicted molar refractivity (Wildman–Crippen MR) is 114 cm³/mol. The van der Waals surface area contributed by atoms with Gasteiger partial charge in [0.2, 0.25) is 5.91 Å². The standard InChI is InChI=1S/C20H18ClF2N7O/c1-3-29(2)19-17(23)16(21)15(10-5-25-28-18(10)19)12-7-30-8-13(26-14(30)6-24-12)27-20(31)9-4-11(9)22/h5-9,11H,3-4H2,1-2H3,(H,25,28)(H,27,31)/t9-,11+/m1/s1. The second-order valence-electron chi connectivity index (χ2n) is 7.54. The number of anilines is 2. The maximum absolute atomic E-state index is 15.2. The van der Waals surface area contributed by atoms with Crippen LogP contribution in [0.4, 0.5) is 20.3 Å². The summed E-state index contributed by atoms with van der Waals surface area (Å²) < 4.78 is 30.0. The smallest absolute Gasteiger partial charge is 0.231 e. The Bertz CT molecular complexity index is 1330. The van der Waals surface area contributed by atoms with Crippen LogP contribution < -0.4 is 10.2 Å². The van der Waals surface area contributed by atoms with E-state index in [1.165, 1.54) is 6.20 Å². The summed E-state index contributed by atoms with van der Waals surface area (Å²) in [4.78, 5) is 22.4. The summed E-state index contributed by atoms with van der Waals surface area (Å²) in [7, 11) is 1.77. The molecular weight excluding hydrogens is 428 g/mol. The molecule has 0 bridgehead atoms. The molecule has 1 amide bonds. The number of carbonyl (C=O) groups is 1.